The Morgan fingerprint density at radius 1 is 1.21 bits per heavy atom. The summed E-state index contributed by atoms with van der Waals surface area (Å²) in [6.07, 6.45) is 1.80. The lowest BCUT2D eigenvalue weighted by Crippen LogP contribution is -2.10. The molecular weight excluding hydrogens is 236 g/mol. The third-order valence-corrected chi connectivity index (χ3v) is 3.06. The quantitative estimate of drug-likeness (QED) is 0.879. The predicted octanol–water partition coefficient (Wildman–Crippen LogP) is 3.96. The summed E-state index contributed by atoms with van der Waals surface area (Å²) in [5.74, 6) is 0.937. The van der Waals surface area contributed by atoms with E-state index in [1.165, 1.54) is 0 Å². The molecule has 1 aromatic carbocycles. The van der Waals surface area contributed by atoms with Crippen LogP contribution in [0.5, 0.6) is 5.75 Å². The number of anilines is 1. The van der Waals surface area contributed by atoms with Crippen LogP contribution < -0.4 is 10.1 Å². The Labute approximate surface area is 114 Å². The van der Waals surface area contributed by atoms with Crippen LogP contribution in [0.1, 0.15) is 31.1 Å². The number of benzene rings is 1. The zero-order valence-electron chi connectivity index (χ0n) is 11.7. The van der Waals surface area contributed by atoms with E-state index < -0.39 is 0 Å². The first-order valence-corrected chi connectivity index (χ1v) is 6.62. The maximum absolute atomic E-state index is 5.67. The predicted molar refractivity (Wildman–Crippen MR) is 78.6 cm³/mol. The summed E-state index contributed by atoms with van der Waals surface area (Å²) in [5, 5.41) is 3.48. The summed E-state index contributed by atoms with van der Waals surface area (Å²) >= 11 is 0. The molecule has 0 aliphatic heterocycles. The van der Waals surface area contributed by atoms with Crippen LogP contribution in [0.2, 0.25) is 0 Å². The molecular formula is C16H20N2O. The number of nitrogens with one attached hydrogen (secondary N) is 1. The summed E-state index contributed by atoms with van der Waals surface area (Å²) in [5.41, 5.74) is 3.22. The lowest BCUT2D eigenvalue weighted by atomic mass is 10.1. The first-order chi connectivity index (χ1) is 9.22. The molecule has 1 heterocycles. The lowest BCUT2D eigenvalue weighted by molar-refractivity contribution is 0.335. The minimum atomic E-state index is 0.172. The van der Waals surface area contributed by atoms with Crippen molar-refractivity contribution in [3.8, 4) is 5.75 Å². The molecule has 100 valence electrons. The maximum atomic E-state index is 5.67. The van der Waals surface area contributed by atoms with Crippen molar-refractivity contribution < 1.29 is 4.74 Å². The van der Waals surface area contributed by atoms with Gasteiger partial charge in [0.1, 0.15) is 5.75 Å². The number of aryl methyl sites for hydroxylation is 1. The number of pyridine rings is 1. The van der Waals surface area contributed by atoms with Gasteiger partial charge in [-0.15, -0.1) is 0 Å². The molecule has 0 spiro atoms. The van der Waals surface area contributed by atoms with Crippen molar-refractivity contribution in [3.05, 3.63) is 53.9 Å². The van der Waals surface area contributed by atoms with Crippen LogP contribution >= 0.6 is 0 Å². The Hall–Kier alpha value is -2.03. The minimum absolute atomic E-state index is 0.172. The molecule has 0 saturated heterocycles. The van der Waals surface area contributed by atoms with E-state index in [1.54, 1.807) is 6.20 Å². The van der Waals surface area contributed by atoms with Crippen LogP contribution in [0, 0.1) is 6.92 Å². The van der Waals surface area contributed by atoms with Gasteiger partial charge in [-0.1, -0.05) is 18.2 Å². The van der Waals surface area contributed by atoms with Gasteiger partial charge in [-0.2, -0.15) is 0 Å². The highest BCUT2D eigenvalue weighted by molar-refractivity contribution is 5.50. The average Bonchev–Trinajstić information content (AvgIpc) is 2.42. The Morgan fingerprint density at radius 3 is 2.74 bits per heavy atom. The summed E-state index contributed by atoms with van der Waals surface area (Å²) in [4.78, 5) is 4.29. The average molecular weight is 256 g/mol. The van der Waals surface area contributed by atoms with Gasteiger partial charge in [0.05, 0.1) is 24.0 Å². The van der Waals surface area contributed by atoms with E-state index in [0.717, 1.165) is 22.7 Å². The fraction of sp³-hybridized carbons (Fsp3) is 0.312. The molecule has 3 heteroatoms. The molecule has 3 nitrogen and oxygen atoms in total. The van der Waals surface area contributed by atoms with E-state index in [-0.39, 0.29) is 6.04 Å². The Morgan fingerprint density at radius 2 is 2.00 bits per heavy atom. The van der Waals surface area contributed by atoms with Crippen molar-refractivity contribution in [3.63, 3.8) is 0 Å². The Bertz CT molecular complexity index is 540. The number of aromatic nitrogens is 1. The standard InChI is InChI=1S/C16H20N2O/c1-4-19-16-10-6-5-8-14(16)12(2)18-15-9-7-11-17-13(15)3/h5-12,18H,4H2,1-3H3. The second kappa shape index (κ2) is 6.23. The van der Waals surface area contributed by atoms with Gasteiger partial charge < -0.3 is 10.1 Å². The van der Waals surface area contributed by atoms with Gasteiger partial charge in [0, 0.05) is 11.8 Å². The first-order valence-electron chi connectivity index (χ1n) is 6.62. The number of rotatable bonds is 5. The van der Waals surface area contributed by atoms with Crippen molar-refractivity contribution in [2.45, 2.75) is 26.8 Å². The molecule has 0 fully saturated rings. The third kappa shape index (κ3) is 3.25. The van der Waals surface area contributed by atoms with Gasteiger partial charge in [0.2, 0.25) is 0 Å². The topological polar surface area (TPSA) is 34.1 Å². The molecule has 1 N–H and O–H groups in total. The van der Waals surface area contributed by atoms with Crippen molar-refractivity contribution >= 4 is 5.69 Å². The summed E-state index contributed by atoms with van der Waals surface area (Å²) in [6.45, 7) is 6.81. The largest absolute Gasteiger partial charge is 0.494 e. The molecule has 1 unspecified atom stereocenters. The monoisotopic (exact) mass is 256 g/mol. The van der Waals surface area contributed by atoms with Gasteiger partial charge in [-0.3, -0.25) is 4.98 Å². The van der Waals surface area contributed by atoms with E-state index in [2.05, 4.69) is 23.3 Å². The molecule has 19 heavy (non-hydrogen) atoms. The highest BCUT2D eigenvalue weighted by Crippen LogP contribution is 2.28. The van der Waals surface area contributed by atoms with Gasteiger partial charge in [-0.05, 0) is 39.0 Å². The van der Waals surface area contributed by atoms with Gasteiger partial charge >= 0.3 is 0 Å². The van der Waals surface area contributed by atoms with Gasteiger partial charge in [-0.25, -0.2) is 0 Å². The van der Waals surface area contributed by atoms with Gasteiger partial charge in [0.15, 0.2) is 0 Å². The maximum Gasteiger partial charge on any atom is 0.124 e. The van der Waals surface area contributed by atoms with Crippen LogP contribution in [-0.2, 0) is 0 Å². The molecule has 0 aliphatic carbocycles. The summed E-state index contributed by atoms with van der Waals surface area (Å²) < 4.78 is 5.67. The van der Waals surface area contributed by atoms with E-state index >= 15 is 0 Å². The summed E-state index contributed by atoms with van der Waals surface area (Å²) in [7, 11) is 0. The van der Waals surface area contributed by atoms with Gasteiger partial charge in [0.25, 0.3) is 0 Å². The summed E-state index contributed by atoms with van der Waals surface area (Å²) in [6, 6.07) is 12.3. The molecule has 2 aromatic rings. The molecule has 0 bridgehead atoms. The van der Waals surface area contributed by atoms with E-state index in [1.807, 2.05) is 44.2 Å². The molecule has 0 amide bonds. The SMILES string of the molecule is CCOc1ccccc1C(C)Nc1cccnc1C. The zero-order chi connectivity index (χ0) is 13.7. The lowest BCUT2D eigenvalue weighted by Gasteiger charge is -2.19. The van der Waals surface area contributed by atoms with Crippen LogP contribution in [0.3, 0.4) is 0 Å². The highest BCUT2D eigenvalue weighted by Gasteiger charge is 2.11. The van der Waals surface area contributed by atoms with E-state index in [4.69, 9.17) is 4.74 Å². The number of para-hydroxylation sites is 1. The fourth-order valence-corrected chi connectivity index (χ4v) is 2.07. The van der Waals surface area contributed by atoms with Crippen LogP contribution in [-0.4, -0.2) is 11.6 Å². The normalized spacial score (nSPS) is 11.9. The van der Waals surface area contributed by atoms with Crippen molar-refractivity contribution in [2.24, 2.45) is 0 Å². The first kappa shape index (κ1) is 13.4. The number of hydrogen-bond donors (Lipinski definition) is 1. The fourth-order valence-electron chi connectivity index (χ4n) is 2.07. The second-order valence-corrected chi connectivity index (χ2v) is 4.47. The molecule has 0 saturated carbocycles. The highest BCUT2D eigenvalue weighted by atomic mass is 16.5. The molecule has 0 radical (unpaired) electrons. The van der Waals surface area contributed by atoms with Crippen molar-refractivity contribution in [1.29, 1.82) is 0 Å². The number of ether oxygens (including phenoxy) is 1. The molecule has 0 aliphatic rings. The third-order valence-electron chi connectivity index (χ3n) is 3.06. The smallest absolute Gasteiger partial charge is 0.124 e. The Kier molecular flexibility index (Phi) is 4.39. The van der Waals surface area contributed by atoms with Crippen LogP contribution in [0.4, 0.5) is 5.69 Å². The van der Waals surface area contributed by atoms with E-state index in [9.17, 15) is 0 Å². The Balaban J connectivity index is 2.20. The van der Waals surface area contributed by atoms with Crippen LogP contribution in [0.25, 0.3) is 0 Å². The van der Waals surface area contributed by atoms with E-state index in [0.29, 0.717) is 6.61 Å². The molecule has 2 rings (SSSR count). The van der Waals surface area contributed by atoms with Crippen LogP contribution in [0.15, 0.2) is 42.6 Å². The molecule has 1 atom stereocenters. The number of nitrogens with zero attached hydrogens (tertiary/aromatic N) is 1. The minimum Gasteiger partial charge on any atom is -0.494 e. The molecule has 1 aromatic heterocycles. The zero-order valence-corrected chi connectivity index (χ0v) is 11.7. The second-order valence-electron chi connectivity index (χ2n) is 4.47. The van der Waals surface area contributed by atoms with Crippen molar-refractivity contribution in [1.82, 2.24) is 4.98 Å². The van der Waals surface area contributed by atoms with Crippen molar-refractivity contribution in [2.75, 3.05) is 11.9 Å². The number of hydrogen-bond acceptors (Lipinski definition) is 3.